The highest BCUT2D eigenvalue weighted by Crippen LogP contribution is 2.33. The summed E-state index contributed by atoms with van der Waals surface area (Å²) in [7, 11) is 0. The number of ether oxygens (including phenoxy) is 2. The number of hydrogen-bond acceptors (Lipinski definition) is 4. The molecule has 2 rings (SSSR count). The predicted octanol–water partition coefficient (Wildman–Crippen LogP) is 2.15. The molecule has 1 heterocycles. The van der Waals surface area contributed by atoms with Gasteiger partial charge >= 0.3 is 0 Å². The monoisotopic (exact) mass is 236 g/mol. The van der Waals surface area contributed by atoms with Gasteiger partial charge in [-0.25, -0.2) is 0 Å². The molecule has 0 saturated carbocycles. The van der Waals surface area contributed by atoms with Crippen LogP contribution in [-0.4, -0.2) is 13.2 Å². The van der Waals surface area contributed by atoms with Gasteiger partial charge in [0.2, 0.25) is 0 Å². The summed E-state index contributed by atoms with van der Waals surface area (Å²) in [5.41, 5.74) is 4.02. The summed E-state index contributed by atoms with van der Waals surface area (Å²) in [6.45, 7) is 3.42. The third-order valence-electron chi connectivity index (χ3n) is 3.02. The third-order valence-corrected chi connectivity index (χ3v) is 3.02. The van der Waals surface area contributed by atoms with E-state index < -0.39 is 0 Å². The lowest BCUT2D eigenvalue weighted by Gasteiger charge is -2.21. The fourth-order valence-corrected chi connectivity index (χ4v) is 2.03. The lowest BCUT2D eigenvalue weighted by molar-refractivity contribution is 0.171. The summed E-state index contributed by atoms with van der Waals surface area (Å²) >= 11 is 0. The lowest BCUT2D eigenvalue weighted by Crippen LogP contribution is -2.28. The van der Waals surface area contributed by atoms with Crippen molar-refractivity contribution in [2.24, 2.45) is 5.84 Å². The quantitative estimate of drug-likeness (QED) is 0.607. The number of hydrazine groups is 1. The standard InChI is InChI=1S/C13H20N2O2/c1-2-3-4-11(15-14)10-5-6-12-13(9-10)17-8-7-16-12/h5-6,9,11,15H,2-4,7-8,14H2,1H3. The van der Waals surface area contributed by atoms with Gasteiger partial charge in [-0.05, 0) is 24.1 Å². The van der Waals surface area contributed by atoms with Gasteiger partial charge in [0.1, 0.15) is 13.2 Å². The zero-order valence-corrected chi connectivity index (χ0v) is 10.2. The number of benzene rings is 1. The van der Waals surface area contributed by atoms with Crippen molar-refractivity contribution in [3.05, 3.63) is 23.8 Å². The van der Waals surface area contributed by atoms with Gasteiger partial charge < -0.3 is 9.47 Å². The van der Waals surface area contributed by atoms with Crippen molar-refractivity contribution in [2.45, 2.75) is 32.2 Å². The Morgan fingerprint density at radius 3 is 2.76 bits per heavy atom. The minimum Gasteiger partial charge on any atom is -0.486 e. The molecule has 0 radical (unpaired) electrons. The molecule has 1 atom stereocenters. The maximum atomic E-state index is 5.60. The number of hydrogen-bond donors (Lipinski definition) is 2. The second kappa shape index (κ2) is 5.89. The normalized spacial score (nSPS) is 15.6. The van der Waals surface area contributed by atoms with E-state index in [-0.39, 0.29) is 6.04 Å². The van der Waals surface area contributed by atoms with Crippen LogP contribution in [0.1, 0.15) is 37.8 Å². The van der Waals surface area contributed by atoms with Crippen molar-refractivity contribution in [1.29, 1.82) is 0 Å². The van der Waals surface area contributed by atoms with Gasteiger partial charge in [0.25, 0.3) is 0 Å². The highest BCUT2D eigenvalue weighted by Gasteiger charge is 2.15. The molecule has 0 spiro atoms. The van der Waals surface area contributed by atoms with E-state index in [2.05, 4.69) is 12.3 Å². The summed E-state index contributed by atoms with van der Waals surface area (Å²) in [4.78, 5) is 0. The topological polar surface area (TPSA) is 56.5 Å². The first kappa shape index (κ1) is 12.2. The van der Waals surface area contributed by atoms with Crippen LogP contribution in [0, 0.1) is 0 Å². The van der Waals surface area contributed by atoms with Gasteiger partial charge in [0.05, 0.1) is 0 Å². The van der Waals surface area contributed by atoms with Gasteiger partial charge in [-0.2, -0.15) is 0 Å². The Balaban J connectivity index is 2.13. The zero-order valence-electron chi connectivity index (χ0n) is 10.2. The predicted molar refractivity (Wildman–Crippen MR) is 67.0 cm³/mol. The van der Waals surface area contributed by atoms with E-state index in [0.29, 0.717) is 13.2 Å². The van der Waals surface area contributed by atoms with E-state index in [1.54, 1.807) is 0 Å². The molecule has 3 N–H and O–H groups in total. The van der Waals surface area contributed by atoms with Crippen molar-refractivity contribution in [3.63, 3.8) is 0 Å². The van der Waals surface area contributed by atoms with Crippen molar-refractivity contribution in [3.8, 4) is 11.5 Å². The molecule has 0 aromatic heterocycles. The van der Waals surface area contributed by atoms with E-state index in [9.17, 15) is 0 Å². The molecule has 0 aliphatic carbocycles. The highest BCUT2D eigenvalue weighted by molar-refractivity contribution is 5.44. The smallest absolute Gasteiger partial charge is 0.161 e. The largest absolute Gasteiger partial charge is 0.486 e. The van der Waals surface area contributed by atoms with E-state index in [1.807, 2.05) is 18.2 Å². The minimum absolute atomic E-state index is 0.186. The van der Waals surface area contributed by atoms with Crippen LogP contribution in [0.2, 0.25) is 0 Å². The molecule has 4 heteroatoms. The van der Waals surface area contributed by atoms with Crippen LogP contribution in [0.15, 0.2) is 18.2 Å². The summed E-state index contributed by atoms with van der Waals surface area (Å²) in [5.74, 6) is 7.25. The first-order valence-corrected chi connectivity index (χ1v) is 6.21. The Kier molecular flexibility index (Phi) is 4.23. The second-order valence-corrected chi connectivity index (χ2v) is 4.26. The van der Waals surface area contributed by atoms with Crippen molar-refractivity contribution in [2.75, 3.05) is 13.2 Å². The minimum atomic E-state index is 0.186. The summed E-state index contributed by atoms with van der Waals surface area (Å²) in [6.07, 6.45) is 3.36. The SMILES string of the molecule is CCCCC(NN)c1ccc2c(c1)OCCO2. The molecule has 0 saturated heterocycles. The molecule has 4 nitrogen and oxygen atoms in total. The second-order valence-electron chi connectivity index (χ2n) is 4.26. The first-order chi connectivity index (χ1) is 8.35. The van der Waals surface area contributed by atoms with Crippen LogP contribution in [0.5, 0.6) is 11.5 Å². The van der Waals surface area contributed by atoms with Crippen LogP contribution in [0.3, 0.4) is 0 Å². The van der Waals surface area contributed by atoms with Crippen LogP contribution in [-0.2, 0) is 0 Å². The fourth-order valence-electron chi connectivity index (χ4n) is 2.03. The zero-order chi connectivity index (χ0) is 12.1. The molecule has 1 aliphatic rings. The maximum Gasteiger partial charge on any atom is 0.161 e. The molecule has 94 valence electrons. The Bertz CT molecular complexity index is 368. The Hall–Kier alpha value is -1.26. The number of nitrogens with one attached hydrogen (secondary N) is 1. The molecule has 0 amide bonds. The van der Waals surface area contributed by atoms with Crippen molar-refractivity contribution < 1.29 is 9.47 Å². The maximum absolute atomic E-state index is 5.60. The lowest BCUT2D eigenvalue weighted by atomic mass is 10.0. The molecule has 1 unspecified atom stereocenters. The average molecular weight is 236 g/mol. The van der Waals surface area contributed by atoms with E-state index in [4.69, 9.17) is 15.3 Å². The van der Waals surface area contributed by atoms with Crippen LogP contribution >= 0.6 is 0 Å². The average Bonchev–Trinajstić information content (AvgIpc) is 2.39. The van der Waals surface area contributed by atoms with Crippen LogP contribution < -0.4 is 20.7 Å². The summed E-state index contributed by atoms with van der Waals surface area (Å²) < 4.78 is 11.1. The van der Waals surface area contributed by atoms with E-state index >= 15 is 0 Å². The molecule has 1 aromatic carbocycles. The number of fused-ring (bicyclic) bond motifs is 1. The van der Waals surface area contributed by atoms with Crippen molar-refractivity contribution >= 4 is 0 Å². The van der Waals surface area contributed by atoms with Gasteiger partial charge in [0, 0.05) is 6.04 Å². The first-order valence-electron chi connectivity index (χ1n) is 6.21. The van der Waals surface area contributed by atoms with Crippen LogP contribution in [0.25, 0.3) is 0 Å². The molecule has 1 aliphatic heterocycles. The number of unbranched alkanes of at least 4 members (excludes halogenated alkanes) is 1. The van der Waals surface area contributed by atoms with Gasteiger partial charge in [-0.1, -0.05) is 25.8 Å². The molecule has 0 bridgehead atoms. The fraction of sp³-hybridized carbons (Fsp3) is 0.538. The summed E-state index contributed by atoms with van der Waals surface area (Å²) in [6, 6.07) is 6.22. The molecular formula is C13H20N2O2. The number of nitrogens with two attached hydrogens (primary N) is 1. The highest BCUT2D eigenvalue weighted by atomic mass is 16.6. The Morgan fingerprint density at radius 2 is 2.06 bits per heavy atom. The van der Waals surface area contributed by atoms with E-state index in [1.165, 1.54) is 6.42 Å². The molecule has 0 fully saturated rings. The van der Waals surface area contributed by atoms with Crippen LogP contribution in [0.4, 0.5) is 0 Å². The molecule has 17 heavy (non-hydrogen) atoms. The molecular weight excluding hydrogens is 216 g/mol. The Morgan fingerprint density at radius 1 is 1.29 bits per heavy atom. The summed E-state index contributed by atoms with van der Waals surface area (Å²) in [5, 5.41) is 0. The third kappa shape index (κ3) is 2.90. The van der Waals surface area contributed by atoms with Gasteiger partial charge in [0.15, 0.2) is 11.5 Å². The van der Waals surface area contributed by atoms with Gasteiger partial charge in [-0.15, -0.1) is 0 Å². The van der Waals surface area contributed by atoms with E-state index in [0.717, 1.165) is 29.9 Å². The Labute approximate surface area is 102 Å². The van der Waals surface area contributed by atoms with Crippen molar-refractivity contribution in [1.82, 2.24) is 5.43 Å². The van der Waals surface area contributed by atoms with Gasteiger partial charge in [-0.3, -0.25) is 11.3 Å². The molecule has 1 aromatic rings. The number of rotatable bonds is 5.